The Morgan fingerprint density at radius 1 is 1.08 bits per heavy atom. The number of carbonyl (C=O) groups excluding carboxylic acids is 3. The van der Waals surface area contributed by atoms with Crippen LogP contribution in [0.2, 0.25) is 0 Å². The Morgan fingerprint density at radius 2 is 1.81 bits per heavy atom. The Balaban J connectivity index is 1.60. The van der Waals surface area contributed by atoms with Crippen LogP contribution >= 0.6 is 0 Å². The van der Waals surface area contributed by atoms with Gasteiger partial charge >= 0.3 is 0 Å². The van der Waals surface area contributed by atoms with Gasteiger partial charge in [0, 0.05) is 45.2 Å². The molecule has 0 aromatic carbocycles. The summed E-state index contributed by atoms with van der Waals surface area (Å²) in [6, 6.07) is -0.502. The van der Waals surface area contributed by atoms with Gasteiger partial charge in [0.2, 0.25) is 17.7 Å². The number of hydrogen-bond acceptors (Lipinski definition) is 8. The Hall–Kier alpha value is -1.79. The largest absolute Gasteiger partial charge is 0.388 e. The topological polar surface area (TPSA) is 132 Å². The highest BCUT2D eigenvalue weighted by molar-refractivity contribution is 5.83. The maximum atomic E-state index is 13.6. The predicted molar refractivity (Wildman–Crippen MR) is 134 cm³/mol. The molecule has 7 atom stereocenters. The molecule has 0 aromatic heterocycles. The standard InChI is InChI=1S/C26H44N4O7/c1-5-6-28-12-16-9-18(28)25(35)29-7-8-36-17(13-29)14-30(22(32)11-26(2,3)4)15-20-24(34)23(33)19(37-20)10-21(31)27-16/h16-20,23-24,33-34H,5-15H2,1-4H3,(H,27,31)/t16-,17-,18-,19-,20+,23-,24+/m0/s1. The number of fused-ring (bicyclic) bond motifs is 6. The lowest BCUT2D eigenvalue weighted by Crippen LogP contribution is -2.55. The number of aliphatic hydroxyl groups is 2. The lowest BCUT2D eigenvalue weighted by molar-refractivity contribution is -0.147. The third-order valence-electron chi connectivity index (χ3n) is 7.72. The van der Waals surface area contributed by atoms with Crippen molar-refractivity contribution < 1.29 is 34.1 Å². The maximum Gasteiger partial charge on any atom is 0.240 e. The summed E-state index contributed by atoms with van der Waals surface area (Å²) in [4.78, 5) is 45.4. The van der Waals surface area contributed by atoms with Gasteiger partial charge in [-0.05, 0) is 24.8 Å². The van der Waals surface area contributed by atoms with Crippen LogP contribution in [0.1, 0.15) is 53.4 Å². The number of nitrogens with zero attached hydrogens (tertiary/aromatic N) is 3. The van der Waals surface area contributed by atoms with Gasteiger partial charge in [-0.2, -0.15) is 0 Å². The first-order valence-corrected chi connectivity index (χ1v) is 13.7. The molecule has 4 aliphatic rings. The molecule has 11 heteroatoms. The summed E-state index contributed by atoms with van der Waals surface area (Å²) in [6.45, 7) is 10.9. The molecule has 4 saturated heterocycles. The lowest BCUT2D eigenvalue weighted by Gasteiger charge is -2.39. The van der Waals surface area contributed by atoms with Crippen molar-refractivity contribution >= 4 is 17.7 Å². The number of aliphatic hydroxyl groups excluding tert-OH is 2. The predicted octanol–water partition coefficient (Wildman–Crippen LogP) is -0.659. The Kier molecular flexibility index (Phi) is 8.79. The number of ether oxygens (including phenoxy) is 2. The second-order valence-electron chi connectivity index (χ2n) is 12.2. The molecule has 11 nitrogen and oxygen atoms in total. The minimum atomic E-state index is -1.23. The Morgan fingerprint density at radius 3 is 2.51 bits per heavy atom. The first kappa shape index (κ1) is 28.2. The average molecular weight is 525 g/mol. The van der Waals surface area contributed by atoms with Crippen LogP contribution in [0, 0.1) is 5.41 Å². The van der Waals surface area contributed by atoms with Crippen LogP contribution in [0.15, 0.2) is 0 Å². The van der Waals surface area contributed by atoms with Crippen molar-refractivity contribution in [3.05, 3.63) is 0 Å². The van der Waals surface area contributed by atoms with Crippen LogP contribution < -0.4 is 5.32 Å². The van der Waals surface area contributed by atoms with E-state index in [1.165, 1.54) is 0 Å². The number of likely N-dealkylation sites (tertiary alicyclic amines) is 1. The van der Waals surface area contributed by atoms with E-state index in [9.17, 15) is 24.6 Å². The van der Waals surface area contributed by atoms with Gasteiger partial charge in [0.25, 0.3) is 0 Å². The summed E-state index contributed by atoms with van der Waals surface area (Å²) in [5.41, 5.74) is -0.251. The fourth-order valence-corrected chi connectivity index (χ4v) is 5.96. The second-order valence-corrected chi connectivity index (χ2v) is 12.2. The van der Waals surface area contributed by atoms with E-state index in [2.05, 4.69) is 17.1 Å². The summed E-state index contributed by atoms with van der Waals surface area (Å²) >= 11 is 0. The molecule has 0 spiro atoms. The summed E-state index contributed by atoms with van der Waals surface area (Å²) in [7, 11) is 0. The van der Waals surface area contributed by atoms with Gasteiger partial charge in [-0.3, -0.25) is 19.3 Å². The molecule has 6 bridgehead atoms. The molecule has 4 heterocycles. The van der Waals surface area contributed by atoms with E-state index in [1.807, 2.05) is 25.7 Å². The number of amides is 3. The Labute approximate surface area is 219 Å². The zero-order chi connectivity index (χ0) is 26.9. The van der Waals surface area contributed by atoms with Crippen molar-refractivity contribution in [2.75, 3.05) is 45.9 Å². The molecule has 210 valence electrons. The van der Waals surface area contributed by atoms with Gasteiger partial charge in [0.05, 0.1) is 31.3 Å². The summed E-state index contributed by atoms with van der Waals surface area (Å²) in [5, 5.41) is 24.4. The van der Waals surface area contributed by atoms with Crippen LogP contribution in [-0.4, -0.2) is 131 Å². The fourth-order valence-electron chi connectivity index (χ4n) is 5.96. The van der Waals surface area contributed by atoms with Crippen molar-refractivity contribution in [2.45, 2.75) is 96.0 Å². The van der Waals surface area contributed by atoms with Gasteiger partial charge < -0.3 is 34.8 Å². The molecule has 0 aliphatic carbocycles. The van der Waals surface area contributed by atoms with Crippen molar-refractivity contribution in [2.24, 2.45) is 5.41 Å². The molecule has 37 heavy (non-hydrogen) atoms. The average Bonchev–Trinajstić information content (AvgIpc) is 3.32. The normalized spacial score (nSPS) is 36.1. The van der Waals surface area contributed by atoms with E-state index >= 15 is 0 Å². The number of rotatable bonds is 3. The number of nitrogens with one attached hydrogen (secondary N) is 1. The third-order valence-corrected chi connectivity index (χ3v) is 7.72. The number of carbonyl (C=O) groups is 3. The molecule has 3 amide bonds. The second kappa shape index (κ2) is 11.5. The van der Waals surface area contributed by atoms with Crippen molar-refractivity contribution in [3.8, 4) is 0 Å². The van der Waals surface area contributed by atoms with E-state index < -0.39 is 24.4 Å². The highest BCUT2D eigenvalue weighted by Gasteiger charge is 2.46. The summed E-state index contributed by atoms with van der Waals surface area (Å²) < 4.78 is 12.0. The van der Waals surface area contributed by atoms with E-state index in [1.54, 1.807) is 4.90 Å². The van der Waals surface area contributed by atoms with Crippen LogP contribution in [0.3, 0.4) is 0 Å². The van der Waals surface area contributed by atoms with Gasteiger partial charge in [-0.1, -0.05) is 27.7 Å². The third kappa shape index (κ3) is 6.81. The quantitative estimate of drug-likeness (QED) is 0.444. The molecule has 0 radical (unpaired) electrons. The molecular formula is C26H44N4O7. The maximum absolute atomic E-state index is 13.6. The van der Waals surface area contributed by atoms with E-state index in [0.717, 1.165) is 13.0 Å². The molecule has 4 rings (SSSR count). The highest BCUT2D eigenvalue weighted by atomic mass is 16.5. The zero-order valence-corrected chi connectivity index (χ0v) is 22.6. The minimum absolute atomic E-state index is 0.0346. The first-order chi connectivity index (χ1) is 17.4. The molecular weight excluding hydrogens is 480 g/mol. The molecule has 0 aromatic rings. The van der Waals surface area contributed by atoms with Crippen LogP contribution in [0.25, 0.3) is 0 Å². The highest BCUT2D eigenvalue weighted by Crippen LogP contribution is 2.28. The van der Waals surface area contributed by atoms with Gasteiger partial charge in [0.1, 0.15) is 18.3 Å². The SMILES string of the molecule is CCCN1C[C@@H]2C[C@H]1C(=O)N1CCO[C@H](CN(C(=O)CC(C)(C)C)C[C@H]3O[C@@H](CC(=O)N2)[C@H](O)[C@@H]3O)C1. The molecule has 4 aliphatic heterocycles. The van der Waals surface area contributed by atoms with Gasteiger partial charge in [-0.25, -0.2) is 0 Å². The van der Waals surface area contributed by atoms with Crippen molar-refractivity contribution in [3.63, 3.8) is 0 Å². The summed E-state index contributed by atoms with van der Waals surface area (Å²) in [5.74, 6) is -0.363. The molecule has 0 saturated carbocycles. The minimum Gasteiger partial charge on any atom is -0.388 e. The fraction of sp³-hybridized carbons (Fsp3) is 0.885. The monoisotopic (exact) mass is 524 g/mol. The van der Waals surface area contributed by atoms with E-state index in [0.29, 0.717) is 32.7 Å². The molecule has 0 unspecified atom stereocenters. The number of morpholine rings is 1. The van der Waals surface area contributed by atoms with Crippen molar-refractivity contribution in [1.29, 1.82) is 0 Å². The number of hydrogen-bond donors (Lipinski definition) is 3. The smallest absolute Gasteiger partial charge is 0.240 e. The van der Waals surface area contributed by atoms with Crippen LogP contribution in [0.4, 0.5) is 0 Å². The van der Waals surface area contributed by atoms with Gasteiger partial charge in [-0.15, -0.1) is 0 Å². The van der Waals surface area contributed by atoms with Crippen LogP contribution in [-0.2, 0) is 23.9 Å². The first-order valence-electron chi connectivity index (χ1n) is 13.7. The lowest BCUT2D eigenvalue weighted by atomic mass is 9.91. The summed E-state index contributed by atoms with van der Waals surface area (Å²) in [6.07, 6.45) is -2.95. The Bertz CT molecular complexity index is 849. The zero-order valence-electron chi connectivity index (χ0n) is 22.6. The van der Waals surface area contributed by atoms with E-state index in [-0.39, 0.29) is 67.3 Å². The van der Waals surface area contributed by atoms with Crippen molar-refractivity contribution in [1.82, 2.24) is 20.0 Å². The van der Waals surface area contributed by atoms with E-state index in [4.69, 9.17) is 9.47 Å². The van der Waals surface area contributed by atoms with Gasteiger partial charge in [0.15, 0.2) is 0 Å². The van der Waals surface area contributed by atoms with Crippen LogP contribution in [0.5, 0.6) is 0 Å². The molecule has 4 fully saturated rings. The molecule has 3 N–H and O–H groups in total.